The second-order valence-electron chi connectivity index (χ2n) is 20.6. The number of benzene rings is 2. The molecule has 0 saturated heterocycles. The van der Waals surface area contributed by atoms with Crippen LogP contribution in [0.4, 0.5) is 0 Å². The molecule has 0 fully saturated rings. The number of nitrogens with zero attached hydrogens (tertiary/aromatic N) is 2. The van der Waals surface area contributed by atoms with E-state index < -0.39 is 0 Å². The maximum Gasteiger partial charge on any atom is 0.161 e. The molecule has 5 aromatic rings. The molecule has 3 aromatic heterocycles. The molecule has 0 radical (unpaired) electrons. The Labute approximate surface area is 460 Å². The summed E-state index contributed by atoms with van der Waals surface area (Å²) in [6.45, 7) is 20.7. The third-order valence-corrected chi connectivity index (χ3v) is 16.8. The molecule has 398 valence electrons. The zero-order chi connectivity index (χ0) is 52.4. The summed E-state index contributed by atoms with van der Waals surface area (Å²) in [5.41, 5.74) is 10.9. The van der Waals surface area contributed by atoms with E-state index in [1.165, 1.54) is 51.4 Å². The third kappa shape index (κ3) is 14.8. The number of rotatable bonds is 30. The van der Waals surface area contributed by atoms with Crippen LogP contribution in [0.5, 0.6) is 23.0 Å². The first-order chi connectivity index (χ1) is 36.1. The van der Waals surface area contributed by atoms with Crippen molar-refractivity contribution in [2.75, 3.05) is 26.4 Å². The SMILES string of the molecule is CCCCC(CC)COc1ccc(-c2c3nc(c(Br)c4ccc([nH]4)c(-c4ccc(OCC(CC)CCCC)c(OCC(CC)CCCC)c4)c4nc(c(Br)c5ccc2[nH]5)C=C4)C=C3)cc1OCC(CC)CCCC. The molecule has 2 aromatic carbocycles. The minimum Gasteiger partial charge on any atom is -0.489 e. The highest BCUT2D eigenvalue weighted by Crippen LogP contribution is 2.41. The number of aromatic amines is 2. The maximum absolute atomic E-state index is 6.81. The van der Waals surface area contributed by atoms with Gasteiger partial charge in [0.1, 0.15) is 0 Å². The molecule has 2 aliphatic rings. The summed E-state index contributed by atoms with van der Waals surface area (Å²) < 4.78 is 28.7. The molecule has 0 amide bonds. The number of nitrogens with one attached hydrogen (secondary N) is 2. The normalized spacial score (nSPS) is 13.8. The molecule has 2 N–H and O–H groups in total. The van der Waals surface area contributed by atoms with Crippen molar-refractivity contribution in [2.45, 2.75) is 158 Å². The van der Waals surface area contributed by atoms with Gasteiger partial charge in [0.2, 0.25) is 0 Å². The Kier molecular flexibility index (Phi) is 22.2. The number of hydrogen-bond donors (Lipinski definition) is 2. The van der Waals surface area contributed by atoms with E-state index in [9.17, 15) is 0 Å². The Hall–Kier alpha value is -4.80. The number of halogens is 2. The van der Waals surface area contributed by atoms with E-state index in [0.717, 1.165) is 150 Å². The summed E-state index contributed by atoms with van der Waals surface area (Å²) >= 11 is 8.03. The molecule has 8 nitrogen and oxygen atoms in total. The molecule has 7 rings (SSSR count). The van der Waals surface area contributed by atoms with Crippen molar-refractivity contribution in [3.8, 4) is 45.3 Å². The first-order valence-electron chi connectivity index (χ1n) is 28.4. The average Bonchev–Trinajstić information content (AvgIpc) is 4.29. The van der Waals surface area contributed by atoms with Gasteiger partial charge in [0.15, 0.2) is 23.0 Å². The summed E-state index contributed by atoms with van der Waals surface area (Å²) in [6.07, 6.45) is 26.9. The number of fused-ring (bicyclic) bond motifs is 8. The number of ether oxygens (including phenoxy) is 4. The van der Waals surface area contributed by atoms with Gasteiger partial charge in [0, 0.05) is 22.2 Å². The minimum atomic E-state index is 0.470. The van der Waals surface area contributed by atoms with Crippen molar-refractivity contribution in [2.24, 2.45) is 23.7 Å². The first kappa shape index (κ1) is 56.9. The van der Waals surface area contributed by atoms with E-state index in [1.807, 2.05) is 0 Å². The largest absolute Gasteiger partial charge is 0.489 e. The third-order valence-electron chi connectivity index (χ3n) is 15.2. The van der Waals surface area contributed by atoms with Crippen LogP contribution in [0.2, 0.25) is 0 Å². The summed E-state index contributed by atoms with van der Waals surface area (Å²) in [6, 6.07) is 21.3. The van der Waals surface area contributed by atoms with Gasteiger partial charge in [-0.3, -0.25) is 0 Å². The molecule has 4 unspecified atom stereocenters. The molecule has 2 aliphatic heterocycles. The van der Waals surface area contributed by atoms with Crippen molar-refractivity contribution in [3.63, 3.8) is 0 Å². The first-order valence-corrected chi connectivity index (χ1v) is 30.0. The second kappa shape index (κ2) is 28.9. The van der Waals surface area contributed by atoms with Gasteiger partial charge in [-0.2, -0.15) is 0 Å². The maximum atomic E-state index is 6.81. The lowest BCUT2D eigenvalue weighted by molar-refractivity contribution is 0.199. The van der Waals surface area contributed by atoms with Crippen molar-refractivity contribution in [1.29, 1.82) is 0 Å². The number of H-pyrrole nitrogens is 2. The topological polar surface area (TPSA) is 94.3 Å². The van der Waals surface area contributed by atoms with Crippen LogP contribution in [-0.2, 0) is 0 Å². The number of unbranched alkanes of at least 4 members (excludes halogenated alkanes) is 4. The lowest BCUT2D eigenvalue weighted by Crippen LogP contribution is -2.14. The van der Waals surface area contributed by atoms with Gasteiger partial charge in [-0.1, -0.05) is 145 Å². The van der Waals surface area contributed by atoms with Crippen LogP contribution < -0.4 is 18.9 Å². The van der Waals surface area contributed by atoms with Crippen LogP contribution in [0, 0.1) is 23.7 Å². The molecule has 74 heavy (non-hydrogen) atoms. The molecule has 10 heteroatoms. The lowest BCUT2D eigenvalue weighted by Gasteiger charge is -2.20. The second-order valence-corrected chi connectivity index (χ2v) is 22.2. The minimum absolute atomic E-state index is 0.470. The summed E-state index contributed by atoms with van der Waals surface area (Å²) in [5, 5.41) is 0. The fraction of sp³-hybridized carbons (Fsp3) is 0.500. The van der Waals surface area contributed by atoms with Crippen molar-refractivity contribution < 1.29 is 18.9 Å². The van der Waals surface area contributed by atoms with Crippen LogP contribution in [-0.4, -0.2) is 46.4 Å². The van der Waals surface area contributed by atoms with E-state index in [4.69, 9.17) is 28.9 Å². The summed E-state index contributed by atoms with van der Waals surface area (Å²) in [4.78, 5) is 18.3. The van der Waals surface area contributed by atoms with Gasteiger partial charge in [-0.15, -0.1) is 0 Å². The smallest absolute Gasteiger partial charge is 0.161 e. The van der Waals surface area contributed by atoms with E-state index >= 15 is 0 Å². The van der Waals surface area contributed by atoms with Crippen molar-refractivity contribution in [1.82, 2.24) is 19.9 Å². The molecule has 8 bridgehead atoms. The van der Waals surface area contributed by atoms with Crippen LogP contribution in [0.1, 0.15) is 181 Å². The fourth-order valence-corrected chi connectivity index (χ4v) is 10.9. The van der Waals surface area contributed by atoms with E-state index in [1.54, 1.807) is 0 Å². The molecule has 0 saturated carbocycles. The summed E-state index contributed by atoms with van der Waals surface area (Å²) in [7, 11) is 0. The zero-order valence-corrected chi connectivity index (χ0v) is 49.0. The summed E-state index contributed by atoms with van der Waals surface area (Å²) in [5.74, 6) is 5.05. The monoisotopic (exact) mass is 1130 g/mol. The zero-order valence-electron chi connectivity index (χ0n) is 45.8. The molecular weight excluding hydrogens is 1050 g/mol. The highest BCUT2D eigenvalue weighted by Gasteiger charge is 2.21. The molecule has 4 atom stereocenters. The predicted molar refractivity (Wildman–Crippen MR) is 320 cm³/mol. The average molecular weight is 1130 g/mol. The molecule has 5 heterocycles. The van der Waals surface area contributed by atoms with Gasteiger partial charge >= 0.3 is 0 Å². The van der Waals surface area contributed by atoms with E-state index in [-0.39, 0.29) is 0 Å². The molecule has 0 spiro atoms. The Bertz CT molecular complexity index is 2640. The Balaban J connectivity index is 1.36. The quantitative estimate of drug-likeness (QED) is 0.0466. The van der Waals surface area contributed by atoms with Gasteiger partial charge in [0.05, 0.1) is 69.2 Å². The lowest BCUT2D eigenvalue weighted by atomic mass is 10.00. The molecular formula is C64H84Br2N4O4. The van der Waals surface area contributed by atoms with Crippen LogP contribution in [0.15, 0.2) is 69.6 Å². The van der Waals surface area contributed by atoms with E-state index in [2.05, 4.69) is 182 Å². The van der Waals surface area contributed by atoms with Crippen LogP contribution in [0.25, 0.3) is 68.6 Å². The number of aromatic nitrogens is 4. The molecule has 0 aliphatic carbocycles. The van der Waals surface area contributed by atoms with Crippen LogP contribution >= 0.6 is 31.9 Å². The highest BCUT2D eigenvalue weighted by atomic mass is 79.9. The Morgan fingerprint density at radius 3 is 1.03 bits per heavy atom. The van der Waals surface area contributed by atoms with Crippen LogP contribution in [0.3, 0.4) is 0 Å². The Morgan fingerprint density at radius 1 is 0.392 bits per heavy atom. The standard InChI is InChI=1S/C64H84Br2N4O4/c1-9-17-21-43(13-5)39-71-57-35-25-47(37-59(57)73-41-45(15-7)23-19-11-3)61-49-27-31-53(67-49)63(65)55-33-29-51(69-55)62(52-30-34-56(70-52)64(66)54-32-28-50(61)68-54)48-26-36-58(72-40-44(14-6)22-18-10-2)60(38-48)74-42-46(16-8)24-20-12-4/h25-38,43-46,67,70H,9-24,39-42H2,1-8H3. The number of hydrogen-bond acceptors (Lipinski definition) is 6. The van der Waals surface area contributed by atoms with Gasteiger partial charge in [0.25, 0.3) is 0 Å². The fourth-order valence-electron chi connectivity index (χ4n) is 9.96. The van der Waals surface area contributed by atoms with Gasteiger partial charge < -0.3 is 28.9 Å². The van der Waals surface area contributed by atoms with E-state index in [0.29, 0.717) is 50.1 Å². The van der Waals surface area contributed by atoms with Crippen molar-refractivity contribution >= 4 is 78.2 Å². The van der Waals surface area contributed by atoms with Crippen molar-refractivity contribution in [3.05, 3.63) is 92.4 Å². The Morgan fingerprint density at radius 2 is 0.703 bits per heavy atom. The predicted octanol–water partition coefficient (Wildman–Crippen LogP) is 19.9. The van der Waals surface area contributed by atoms with Gasteiger partial charge in [-0.05, 0) is 165 Å². The van der Waals surface area contributed by atoms with Gasteiger partial charge in [-0.25, -0.2) is 9.97 Å². The highest BCUT2D eigenvalue weighted by molar-refractivity contribution is 9.11.